The molecule has 114 valence electrons. The lowest BCUT2D eigenvalue weighted by Crippen LogP contribution is -2.49. The topological polar surface area (TPSA) is 60.9 Å². The summed E-state index contributed by atoms with van der Waals surface area (Å²) in [5, 5.41) is 9.18. The predicted octanol–water partition coefficient (Wildman–Crippen LogP) is 2.32. The molecule has 2 atom stereocenters. The third-order valence-electron chi connectivity index (χ3n) is 4.40. The van der Waals surface area contributed by atoms with Crippen LogP contribution in [0.15, 0.2) is 0 Å². The van der Waals surface area contributed by atoms with Gasteiger partial charge in [-0.1, -0.05) is 13.8 Å². The highest BCUT2D eigenvalue weighted by Gasteiger charge is 2.37. The molecule has 6 heteroatoms. The maximum atomic E-state index is 12.5. The van der Waals surface area contributed by atoms with Crippen molar-refractivity contribution in [3.8, 4) is 0 Å². The van der Waals surface area contributed by atoms with E-state index in [1.54, 1.807) is 0 Å². The first-order valence-corrected chi connectivity index (χ1v) is 8.52. The van der Waals surface area contributed by atoms with Crippen molar-refractivity contribution in [2.45, 2.75) is 39.2 Å². The van der Waals surface area contributed by atoms with E-state index in [0.29, 0.717) is 23.5 Å². The third kappa shape index (κ3) is 3.40. The molecule has 2 aliphatic heterocycles. The molecular formula is C14H24N2O3S. The second kappa shape index (κ2) is 6.70. The Kier molecular flexibility index (Phi) is 5.18. The highest BCUT2D eigenvalue weighted by Crippen LogP contribution is 2.27. The number of carbonyl (C=O) groups excluding carboxylic acids is 1. The van der Waals surface area contributed by atoms with E-state index in [0.717, 1.165) is 25.9 Å². The van der Waals surface area contributed by atoms with E-state index in [9.17, 15) is 14.7 Å². The Morgan fingerprint density at radius 2 is 2.00 bits per heavy atom. The monoisotopic (exact) mass is 300 g/mol. The molecule has 2 rings (SSSR count). The fraction of sp³-hybridized carbons (Fsp3) is 0.857. The summed E-state index contributed by atoms with van der Waals surface area (Å²) in [5.74, 6) is 1.44. The Morgan fingerprint density at radius 3 is 2.65 bits per heavy atom. The van der Waals surface area contributed by atoms with E-state index in [-0.39, 0.29) is 6.03 Å². The Balaban J connectivity index is 1.97. The van der Waals surface area contributed by atoms with Crippen molar-refractivity contribution < 1.29 is 14.7 Å². The smallest absolute Gasteiger partial charge is 0.327 e. The van der Waals surface area contributed by atoms with Crippen molar-refractivity contribution >= 4 is 23.8 Å². The first kappa shape index (κ1) is 15.5. The van der Waals surface area contributed by atoms with Crippen LogP contribution in [-0.4, -0.2) is 57.7 Å². The largest absolute Gasteiger partial charge is 0.480 e. The first-order chi connectivity index (χ1) is 9.50. The average Bonchev–Trinajstić information content (AvgIpc) is 2.75. The van der Waals surface area contributed by atoms with Gasteiger partial charge in [-0.25, -0.2) is 9.59 Å². The van der Waals surface area contributed by atoms with Crippen LogP contribution in [0.25, 0.3) is 0 Å². The predicted molar refractivity (Wildman–Crippen MR) is 79.7 cm³/mol. The average molecular weight is 300 g/mol. The minimum atomic E-state index is -0.891. The standard InChI is InChI=1S/C14H24N2O3S/c1-10(2)11-4-3-6-15(7-5-11)14(19)16-9-20-8-12(16)13(17)18/h10-12H,3-9H2,1-2H3,(H,17,18)/t11?,12-/m0/s1. The number of nitrogens with zero attached hydrogens (tertiary/aromatic N) is 2. The Bertz CT molecular complexity index is 375. The Morgan fingerprint density at radius 1 is 1.25 bits per heavy atom. The number of carboxylic acids is 1. The highest BCUT2D eigenvalue weighted by molar-refractivity contribution is 7.99. The van der Waals surface area contributed by atoms with E-state index in [1.807, 2.05) is 4.90 Å². The molecule has 2 saturated heterocycles. The van der Waals surface area contributed by atoms with Crippen LogP contribution < -0.4 is 0 Å². The van der Waals surface area contributed by atoms with Crippen molar-refractivity contribution in [2.75, 3.05) is 24.7 Å². The molecule has 1 unspecified atom stereocenters. The number of amides is 2. The van der Waals surface area contributed by atoms with Crippen molar-refractivity contribution in [3.05, 3.63) is 0 Å². The maximum absolute atomic E-state index is 12.5. The molecule has 2 heterocycles. The van der Waals surface area contributed by atoms with Gasteiger partial charge in [-0.3, -0.25) is 0 Å². The number of aliphatic carboxylic acids is 1. The molecule has 5 nitrogen and oxygen atoms in total. The molecule has 0 bridgehead atoms. The van der Waals surface area contributed by atoms with Crippen LogP contribution in [0.3, 0.4) is 0 Å². The molecule has 0 aromatic carbocycles. The minimum Gasteiger partial charge on any atom is -0.480 e. The molecule has 2 amide bonds. The number of urea groups is 1. The van der Waals surface area contributed by atoms with Gasteiger partial charge in [0.25, 0.3) is 0 Å². The van der Waals surface area contributed by atoms with Crippen LogP contribution in [0.1, 0.15) is 33.1 Å². The van der Waals surface area contributed by atoms with E-state index < -0.39 is 12.0 Å². The molecule has 0 aliphatic carbocycles. The Labute approximate surface area is 124 Å². The molecule has 0 saturated carbocycles. The van der Waals surface area contributed by atoms with E-state index >= 15 is 0 Å². The summed E-state index contributed by atoms with van der Waals surface area (Å²) >= 11 is 1.52. The fourth-order valence-electron chi connectivity index (χ4n) is 3.00. The number of hydrogen-bond acceptors (Lipinski definition) is 3. The second-order valence-electron chi connectivity index (χ2n) is 6.03. The highest BCUT2D eigenvalue weighted by atomic mass is 32.2. The molecule has 0 aromatic heterocycles. The summed E-state index contributed by atoms with van der Waals surface area (Å²) in [6.07, 6.45) is 3.22. The molecule has 0 radical (unpaired) electrons. The number of carbonyl (C=O) groups is 2. The lowest BCUT2D eigenvalue weighted by Gasteiger charge is -2.29. The van der Waals surface area contributed by atoms with Crippen LogP contribution in [0, 0.1) is 11.8 Å². The van der Waals surface area contributed by atoms with Gasteiger partial charge in [0.2, 0.25) is 0 Å². The van der Waals surface area contributed by atoms with Gasteiger partial charge in [0, 0.05) is 18.8 Å². The summed E-state index contributed by atoms with van der Waals surface area (Å²) in [6, 6.07) is -0.747. The normalized spacial score (nSPS) is 27.8. The van der Waals surface area contributed by atoms with E-state index in [2.05, 4.69) is 13.8 Å². The van der Waals surface area contributed by atoms with Gasteiger partial charge in [0.15, 0.2) is 0 Å². The quantitative estimate of drug-likeness (QED) is 0.850. The lowest BCUT2D eigenvalue weighted by molar-refractivity contribution is -0.140. The van der Waals surface area contributed by atoms with Crippen LogP contribution >= 0.6 is 11.8 Å². The van der Waals surface area contributed by atoms with Crippen LogP contribution in [0.2, 0.25) is 0 Å². The number of likely N-dealkylation sites (tertiary alicyclic amines) is 1. The van der Waals surface area contributed by atoms with Crippen molar-refractivity contribution in [1.29, 1.82) is 0 Å². The fourth-order valence-corrected chi connectivity index (χ4v) is 4.14. The van der Waals surface area contributed by atoms with Crippen molar-refractivity contribution in [2.24, 2.45) is 11.8 Å². The van der Waals surface area contributed by atoms with Gasteiger partial charge in [-0.15, -0.1) is 11.8 Å². The summed E-state index contributed by atoms with van der Waals surface area (Å²) < 4.78 is 0. The summed E-state index contributed by atoms with van der Waals surface area (Å²) in [7, 11) is 0. The first-order valence-electron chi connectivity index (χ1n) is 7.36. The van der Waals surface area contributed by atoms with E-state index in [1.165, 1.54) is 23.1 Å². The third-order valence-corrected chi connectivity index (χ3v) is 5.41. The number of hydrogen-bond donors (Lipinski definition) is 1. The zero-order valence-corrected chi connectivity index (χ0v) is 13.1. The number of carboxylic acid groups (broad SMARTS) is 1. The summed E-state index contributed by atoms with van der Waals surface area (Å²) in [4.78, 5) is 27.1. The second-order valence-corrected chi connectivity index (χ2v) is 7.03. The van der Waals surface area contributed by atoms with Crippen molar-refractivity contribution in [3.63, 3.8) is 0 Å². The van der Waals surface area contributed by atoms with Crippen LogP contribution in [0.5, 0.6) is 0 Å². The summed E-state index contributed by atoms with van der Waals surface area (Å²) in [6.45, 7) is 5.99. The van der Waals surface area contributed by atoms with E-state index in [4.69, 9.17) is 0 Å². The molecule has 2 aliphatic rings. The lowest BCUT2D eigenvalue weighted by atomic mass is 9.89. The molecular weight excluding hydrogens is 276 g/mol. The molecule has 0 aromatic rings. The van der Waals surface area contributed by atoms with Gasteiger partial charge in [-0.05, 0) is 31.1 Å². The van der Waals surface area contributed by atoms with Gasteiger partial charge in [-0.2, -0.15) is 0 Å². The zero-order chi connectivity index (χ0) is 14.7. The van der Waals surface area contributed by atoms with Crippen molar-refractivity contribution in [1.82, 2.24) is 9.80 Å². The van der Waals surface area contributed by atoms with Gasteiger partial charge in [0.05, 0.1) is 5.88 Å². The van der Waals surface area contributed by atoms with Gasteiger partial charge in [0.1, 0.15) is 6.04 Å². The SMILES string of the molecule is CC(C)C1CCCN(C(=O)N2CSC[C@H]2C(=O)O)CC1. The minimum absolute atomic E-state index is 0.0909. The Hall–Kier alpha value is -0.910. The van der Waals surface area contributed by atoms with Gasteiger partial charge >= 0.3 is 12.0 Å². The molecule has 2 fully saturated rings. The zero-order valence-electron chi connectivity index (χ0n) is 12.2. The van der Waals surface area contributed by atoms with Crippen LogP contribution in [-0.2, 0) is 4.79 Å². The number of rotatable bonds is 2. The van der Waals surface area contributed by atoms with Crippen LogP contribution in [0.4, 0.5) is 4.79 Å². The maximum Gasteiger partial charge on any atom is 0.327 e. The molecule has 0 spiro atoms. The summed E-state index contributed by atoms with van der Waals surface area (Å²) in [5.41, 5.74) is 0. The van der Waals surface area contributed by atoms with Gasteiger partial charge < -0.3 is 14.9 Å². The number of thioether (sulfide) groups is 1. The molecule has 20 heavy (non-hydrogen) atoms. The molecule has 1 N–H and O–H groups in total.